The summed E-state index contributed by atoms with van der Waals surface area (Å²) in [6.07, 6.45) is 36.2. The molecule has 0 heterocycles. The van der Waals surface area contributed by atoms with Gasteiger partial charge >= 0.3 is 0 Å². The summed E-state index contributed by atoms with van der Waals surface area (Å²) in [7, 11) is 1.04. The summed E-state index contributed by atoms with van der Waals surface area (Å²) in [6.45, 7) is 7.00. The minimum atomic E-state index is -0.342. The molecule has 0 nitrogen and oxygen atoms in total. The summed E-state index contributed by atoms with van der Waals surface area (Å²) >= 11 is 0. The van der Waals surface area contributed by atoms with E-state index in [9.17, 15) is 0 Å². The third kappa shape index (κ3) is 25.5. The van der Waals surface area contributed by atoms with Crippen molar-refractivity contribution in [2.24, 2.45) is 0 Å². The van der Waals surface area contributed by atoms with Crippen molar-refractivity contribution in [2.75, 3.05) is 0 Å². The van der Waals surface area contributed by atoms with Gasteiger partial charge in [0.15, 0.2) is 0 Å². The molecule has 1 atom stereocenters. The molecule has 0 amide bonds. The van der Waals surface area contributed by atoms with Crippen LogP contribution in [0.2, 0.25) is 18.1 Å². The highest BCUT2D eigenvalue weighted by atomic mass is 29.6. The topological polar surface area (TPSA) is 0 Å². The van der Waals surface area contributed by atoms with Crippen LogP contribution >= 0.6 is 0 Å². The third-order valence-electron chi connectivity index (χ3n) is 8.17. The van der Waals surface area contributed by atoms with E-state index < -0.39 is 0 Å². The maximum absolute atomic E-state index is 2.33. The average Bonchev–Trinajstić information content (AvgIpc) is 2.82. The van der Waals surface area contributed by atoms with Crippen molar-refractivity contribution in [3.05, 3.63) is 0 Å². The van der Waals surface area contributed by atoms with E-state index in [0.29, 0.717) is 0 Å². The Hall–Kier alpha value is 0.651. The molecule has 0 saturated carbocycles. The Bertz CT molecular complexity index is 327. The fourth-order valence-corrected chi connectivity index (χ4v) is 24.3. The van der Waals surface area contributed by atoms with E-state index >= 15 is 0 Å². The Labute approximate surface area is 218 Å². The summed E-state index contributed by atoms with van der Waals surface area (Å²) in [5.41, 5.74) is 0. The van der Waals surface area contributed by atoms with E-state index in [-0.39, 0.29) is 16.1 Å². The zero-order valence-electron chi connectivity index (χ0n) is 24.2. The monoisotopic (exact) mass is 512 g/mol. The molecular formula is C30H68Si3. The third-order valence-corrected chi connectivity index (χ3v) is 31.4. The van der Waals surface area contributed by atoms with E-state index in [1.54, 1.807) is 66.4 Å². The second kappa shape index (κ2) is 28.9. The maximum atomic E-state index is 2.33. The first-order valence-electron chi connectivity index (χ1n) is 16.3. The number of hydrogen-bond donors (Lipinski definition) is 0. The fourth-order valence-electron chi connectivity index (χ4n) is 5.63. The fraction of sp³-hybridized carbons (Fsp3) is 1.00. The molecular weight excluding hydrogens is 445 g/mol. The Balaban J connectivity index is 4.03. The second-order valence-electron chi connectivity index (χ2n) is 11.5. The minimum Gasteiger partial charge on any atom is -0.0654 e. The maximum Gasteiger partial charge on any atom is 0.0245 e. The Kier molecular flexibility index (Phi) is 29.5. The normalized spacial score (nSPS) is 12.7. The number of unbranched alkanes of at least 4 members (excludes halogenated alkanes) is 21. The first-order valence-corrected chi connectivity index (χ1v) is 26.0. The lowest BCUT2D eigenvalue weighted by molar-refractivity contribution is 0.581. The van der Waals surface area contributed by atoms with Crippen molar-refractivity contribution < 1.29 is 0 Å². The van der Waals surface area contributed by atoms with Crippen LogP contribution in [0.4, 0.5) is 0 Å². The SMILES string of the molecule is CCCCCCCCCC[SiH]([SiH3])[SiH](CCCCCCCCCC)CCCCCCCCCC. The van der Waals surface area contributed by atoms with Gasteiger partial charge in [-0.2, -0.15) is 0 Å². The zero-order chi connectivity index (χ0) is 24.2. The van der Waals surface area contributed by atoms with Crippen molar-refractivity contribution >= 4 is 25.9 Å². The molecule has 200 valence electrons. The highest BCUT2D eigenvalue weighted by Gasteiger charge is 2.19. The van der Waals surface area contributed by atoms with Crippen molar-refractivity contribution in [3.63, 3.8) is 0 Å². The average molecular weight is 513 g/mol. The van der Waals surface area contributed by atoms with Gasteiger partial charge in [-0.15, -0.1) is 0 Å². The van der Waals surface area contributed by atoms with Crippen LogP contribution in [0.3, 0.4) is 0 Å². The summed E-state index contributed by atoms with van der Waals surface area (Å²) in [5, 5.41) is 0. The van der Waals surface area contributed by atoms with Crippen LogP contribution in [0.25, 0.3) is 0 Å². The van der Waals surface area contributed by atoms with E-state index in [0.717, 1.165) is 0 Å². The highest BCUT2D eigenvalue weighted by molar-refractivity contribution is 7.41. The Morgan fingerprint density at radius 3 is 0.879 bits per heavy atom. The Morgan fingerprint density at radius 2 is 0.576 bits per heavy atom. The molecule has 0 radical (unpaired) electrons. The molecule has 0 aromatic carbocycles. The van der Waals surface area contributed by atoms with Gasteiger partial charge in [0.25, 0.3) is 0 Å². The lowest BCUT2D eigenvalue weighted by atomic mass is 10.1. The van der Waals surface area contributed by atoms with Gasteiger partial charge < -0.3 is 0 Å². The molecule has 0 spiro atoms. The Morgan fingerprint density at radius 1 is 0.333 bits per heavy atom. The van der Waals surface area contributed by atoms with Crippen LogP contribution < -0.4 is 0 Å². The van der Waals surface area contributed by atoms with Gasteiger partial charge in [-0.1, -0.05) is 193 Å². The van der Waals surface area contributed by atoms with Crippen LogP contribution in [-0.2, 0) is 0 Å². The summed E-state index contributed by atoms with van der Waals surface area (Å²) in [6, 6.07) is 5.26. The predicted molar refractivity (Wildman–Crippen MR) is 166 cm³/mol. The van der Waals surface area contributed by atoms with Crippen LogP contribution in [0.5, 0.6) is 0 Å². The van der Waals surface area contributed by atoms with Crippen LogP contribution in [0, 0.1) is 0 Å². The number of rotatable bonds is 28. The van der Waals surface area contributed by atoms with Gasteiger partial charge in [0.05, 0.1) is 0 Å². The highest BCUT2D eigenvalue weighted by Crippen LogP contribution is 2.19. The van der Waals surface area contributed by atoms with Crippen LogP contribution in [-0.4, -0.2) is 25.9 Å². The van der Waals surface area contributed by atoms with Crippen LogP contribution in [0.15, 0.2) is 0 Å². The lowest BCUT2D eigenvalue weighted by Gasteiger charge is -2.22. The molecule has 0 aliphatic carbocycles. The van der Waals surface area contributed by atoms with Gasteiger partial charge in [-0.3, -0.25) is 0 Å². The molecule has 1 unspecified atom stereocenters. The number of hydrogen-bond acceptors (Lipinski definition) is 0. The minimum absolute atomic E-state index is 0.258. The molecule has 3 heteroatoms. The molecule has 0 aliphatic heterocycles. The van der Waals surface area contributed by atoms with E-state index in [4.69, 9.17) is 0 Å². The van der Waals surface area contributed by atoms with Gasteiger partial charge in [0.1, 0.15) is 0 Å². The van der Waals surface area contributed by atoms with Crippen molar-refractivity contribution in [1.29, 1.82) is 0 Å². The van der Waals surface area contributed by atoms with Gasteiger partial charge in [0.2, 0.25) is 0 Å². The molecule has 0 aromatic rings. The van der Waals surface area contributed by atoms with E-state index in [1.807, 2.05) is 0 Å². The van der Waals surface area contributed by atoms with Crippen LogP contribution in [0.1, 0.15) is 175 Å². The summed E-state index contributed by atoms with van der Waals surface area (Å²) < 4.78 is 0. The van der Waals surface area contributed by atoms with Gasteiger partial charge in [-0.25, -0.2) is 0 Å². The first kappa shape index (κ1) is 33.7. The second-order valence-corrected chi connectivity index (χ2v) is 31.4. The van der Waals surface area contributed by atoms with Gasteiger partial charge in [0, 0.05) is 16.1 Å². The van der Waals surface area contributed by atoms with Crippen molar-refractivity contribution in [1.82, 2.24) is 0 Å². The van der Waals surface area contributed by atoms with Crippen molar-refractivity contribution in [2.45, 2.75) is 193 Å². The molecule has 0 bridgehead atoms. The van der Waals surface area contributed by atoms with Crippen molar-refractivity contribution in [3.8, 4) is 0 Å². The summed E-state index contributed by atoms with van der Waals surface area (Å²) in [4.78, 5) is 0. The first-order chi connectivity index (χ1) is 16.3. The molecule has 0 saturated heterocycles. The molecule has 0 fully saturated rings. The molecule has 0 N–H and O–H groups in total. The lowest BCUT2D eigenvalue weighted by Crippen LogP contribution is -2.36. The standard InChI is InChI=1S/C30H68Si3/c1-4-7-10-13-16-19-22-25-28-32(29-26-23-20-17-14-11-8-5-2)33(31)30-27-24-21-18-15-12-9-6-3/h32-33H,4-30H2,1-3,31H3. The van der Waals surface area contributed by atoms with Gasteiger partial charge in [-0.05, 0) is 9.76 Å². The predicted octanol–water partition coefficient (Wildman–Crippen LogP) is 9.80. The molecule has 0 aromatic heterocycles. The quantitative estimate of drug-likeness (QED) is 0.0722. The van der Waals surface area contributed by atoms with E-state index in [2.05, 4.69) is 20.8 Å². The zero-order valence-corrected chi connectivity index (χ0v) is 28.6. The largest absolute Gasteiger partial charge is 0.0654 e. The van der Waals surface area contributed by atoms with E-state index in [1.165, 1.54) is 116 Å². The molecule has 33 heavy (non-hydrogen) atoms. The molecule has 0 rings (SSSR count). The molecule has 0 aliphatic rings. The smallest absolute Gasteiger partial charge is 0.0245 e. The summed E-state index contributed by atoms with van der Waals surface area (Å²) in [5.74, 6) is 0.